The molecular formula is C16H18N2O6S2. The van der Waals surface area contributed by atoms with Crippen LogP contribution in [0.2, 0.25) is 0 Å². The Labute approximate surface area is 155 Å². The van der Waals surface area contributed by atoms with Crippen molar-refractivity contribution >= 4 is 32.8 Å². The Morgan fingerprint density at radius 3 is 2.50 bits per heavy atom. The van der Waals surface area contributed by atoms with Gasteiger partial charge < -0.3 is 4.74 Å². The second-order valence-electron chi connectivity index (χ2n) is 5.17. The number of nitro groups is 1. The topological polar surface area (TPSA) is 107 Å². The summed E-state index contributed by atoms with van der Waals surface area (Å²) in [6, 6.07) is 6.75. The molecule has 0 N–H and O–H groups in total. The lowest BCUT2D eigenvalue weighted by Gasteiger charge is -2.18. The summed E-state index contributed by atoms with van der Waals surface area (Å²) in [5.41, 5.74) is -0.503. The predicted molar refractivity (Wildman–Crippen MR) is 97.3 cm³/mol. The normalized spacial score (nSPS) is 11.5. The zero-order valence-electron chi connectivity index (χ0n) is 14.2. The second-order valence-corrected chi connectivity index (χ2v) is 8.05. The summed E-state index contributed by atoms with van der Waals surface area (Å²) in [7, 11) is -3.83. The minimum absolute atomic E-state index is 0.154. The van der Waals surface area contributed by atoms with Gasteiger partial charge in [-0.15, -0.1) is 11.3 Å². The highest BCUT2D eigenvalue weighted by atomic mass is 32.2. The number of carbonyl (C=O) groups is 1. The smallest absolute Gasteiger partial charge is 0.312 e. The molecule has 0 aliphatic rings. The Morgan fingerprint density at radius 1 is 1.27 bits per heavy atom. The number of ketones is 1. The Kier molecular flexibility index (Phi) is 6.46. The quantitative estimate of drug-likeness (QED) is 0.365. The van der Waals surface area contributed by atoms with Crippen molar-refractivity contribution in [2.24, 2.45) is 0 Å². The minimum Gasteiger partial charge on any atom is -0.478 e. The van der Waals surface area contributed by atoms with Crippen LogP contribution in [-0.4, -0.2) is 43.1 Å². The zero-order valence-corrected chi connectivity index (χ0v) is 15.9. The van der Waals surface area contributed by atoms with Crippen LogP contribution in [0.5, 0.6) is 5.75 Å². The molecule has 1 heterocycles. The first-order valence-corrected chi connectivity index (χ1v) is 10.1. The van der Waals surface area contributed by atoms with Gasteiger partial charge in [-0.1, -0.05) is 19.9 Å². The van der Waals surface area contributed by atoms with E-state index in [-0.39, 0.29) is 36.1 Å². The van der Waals surface area contributed by atoms with Crippen LogP contribution < -0.4 is 4.74 Å². The van der Waals surface area contributed by atoms with E-state index in [1.807, 2.05) is 0 Å². The van der Waals surface area contributed by atoms with Gasteiger partial charge in [-0.3, -0.25) is 14.9 Å². The van der Waals surface area contributed by atoms with Crippen molar-refractivity contribution in [3.8, 4) is 5.75 Å². The number of benzene rings is 1. The van der Waals surface area contributed by atoms with Crippen molar-refractivity contribution in [2.75, 3.05) is 19.7 Å². The van der Waals surface area contributed by atoms with E-state index in [2.05, 4.69) is 0 Å². The molecule has 140 valence electrons. The first-order valence-electron chi connectivity index (χ1n) is 7.79. The Morgan fingerprint density at radius 2 is 1.96 bits per heavy atom. The molecule has 0 saturated heterocycles. The number of thiophene rings is 1. The molecule has 1 aromatic carbocycles. The van der Waals surface area contributed by atoms with E-state index >= 15 is 0 Å². The summed E-state index contributed by atoms with van der Waals surface area (Å²) >= 11 is 1.24. The number of nitro benzene ring substituents is 1. The van der Waals surface area contributed by atoms with Crippen LogP contribution in [0.15, 0.2) is 40.6 Å². The van der Waals surface area contributed by atoms with Gasteiger partial charge in [0.25, 0.3) is 0 Å². The Balaban J connectivity index is 2.29. The van der Waals surface area contributed by atoms with Crippen LogP contribution in [-0.2, 0) is 10.0 Å². The van der Waals surface area contributed by atoms with Crippen molar-refractivity contribution in [3.63, 3.8) is 0 Å². The maximum Gasteiger partial charge on any atom is 0.312 e. The zero-order chi connectivity index (χ0) is 19.3. The van der Waals surface area contributed by atoms with Crippen molar-refractivity contribution in [3.05, 3.63) is 50.7 Å². The monoisotopic (exact) mass is 398 g/mol. The number of carbonyl (C=O) groups excluding carboxylic acids is 1. The van der Waals surface area contributed by atoms with Gasteiger partial charge in [0, 0.05) is 19.2 Å². The molecule has 0 atom stereocenters. The summed E-state index contributed by atoms with van der Waals surface area (Å²) in [4.78, 5) is 22.8. The van der Waals surface area contributed by atoms with Crippen LogP contribution in [0.3, 0.4) is 0 Å². The molecule has 2 aromatic rings. The first kappa shape index (κ1) is 20.0. The van der Waals surface area contributed by atoms with Crippen LogP contribution in [0, 0.1) is 10.1 Å². The van der Waals surface area contributed by atoms with E-state index in [0.29, 0.717) is 4.88 Å². The highest BCUT2D eigenvalue weighted by molar-refractivity contribution is 7.89. The molecule has 0 spiro atoms. The predicted octanol–water partition coefficient (Wildman–Crippen LogP) is 2.95. The summed E-state index contributed by atoms with van der Waals surface area (Å²) < 4.78 is 31.5. The van der Waals surface area contributed by atoms with Crippen LogP contribution in [0.25, 0.3) is 0 Å². The van der Waals surface area contributed by atoms with E-state index in [1.54, 1.807) is 31.4 Å². The number of hydrogen-bond acceptors (Lipinski definition) is 7. The van der Waals surface area contributed by atoms with E-state index in [9.17, 15) is 23.3 Å². The molecule has 0 amide bonds. The molecule has 0 saturated carbocycles. The minimum atomic E-state index is -3.83. The maximum atomic E-state index is 12.5. The van der Waals surface area contributed by atoms with Crippen molar-refractivity contribution in [1.29, 1.82) is 0 Å². The fraction of sp³-hybridized carbons (Fsp3) is 0.312. The SMILES string of the molecule is CCN(CC)S(=O)(=O)c1ccc(OCC(=O)c2cccs2)c([N+](=O)[O-])c1. The lowest BCUT2D eigenvalue weighted by Crippen LogP contribution is -2.30. The number of rotatable bonds is 9. The summed E-state index contributed by atoms with van der Waals surface area (Å²) in [5.74, 6) is -0.465. The van der Waals surface area contributed by atoms with E-state index in [4.69, 9.17) is 4.74 Å². The maximum absolute atomic E-state index is 12.5. The summed E-state index contributed by atoms with van der Waals surface area (Å²) in [5, 5.41) is 13.1. The third kappa shape index (κ3) is 4.26. The largest absolute Gasteiger partial charge is 0.478 e. The second kappa shape index (κ2) is 8.39. The molecule has 10 heteroatoms. The third-order valence-electron chi connectivity index (χ3n) is 3.63. The van der Waals surface area contributed by atoms with Crippen LogP contribution in [0.1, 0.15) is 23.5 Å². The van der Waals surface area contributed by atoms with Crippen molar-refractivity contribution in [1.82, 2.24) is 4.31 Å². The fourth-order valence-electron chi connectivity index (χ4n) is 2.29. The molecule has 0 radical (unpaired) electrons. The number of Topliss-reactive ketones (excluding diaryl/α,β-unsaturated/α-hetero) is 1. The average Bonchev–Trinajstić information content (AvgIpc) is 3.15. The highest BCUT2D eigenvalue weighted by Crippen LogP contribution is 2.31. The number of sulfonamides is 1. The molecule has 26 heavy (non-hydrogen) atoms. The molecule has 0 aliphatic carbocycles. The van der Waals surface area contributed by atoms with E-state index in [1.165, 1.54) is 27.8 Å². The van der Waals surface area contributed by atoms with E-state index < -0.39 is 20.6 Å². The molecule has 8 nitrogen and oxygen atoms in total. The lowest BCUT2D eigenvalue weighted by molar-refractivity contribution is -0.386. The number of nitrogens with zero attached hydrogens (tertiary/aromatic N) is 2. The van der Waals surface area contributed by atoms with Crippen LogP contribution in [0.4, 0.5) is 5.69 Å². The summed E-state index contributed by atoms with van der Waals surface area (Å²) in [6.45, 7) is 3.50. The van der Waals surface area contributed by atoms with Gasteiger partial charge >= 0.3 is 5.69 Å². The summed E-state index contributed by atoms with van der Waals surface area (Å²) in [6.07, 6.45) is 0. The fourth-order valence-corrected chi connectivity index (χ4v) is 4.42. The molecular weight excluding hydrogens is 380 g/mol. The highest BCUT2D eigenvalue weighted by Gasteiger charge is 2.26. The van der Waals surface area contributed by atoms with Gasteiger partial charge in [0.1, 0.15) is 0 Å². The number of hydrogen-bond donors (Lipinski definition) is 0. The molecule has 2 rings (SSSR count). The van der Waals surface area contributed by atoms with Crippen LogP contribution >= 0.6 is 11.3 Å². The van der Waals surface area contributed by atoms with Crippen molar-refractivity contribution in [2.45, 2.75) is 18.7 Å². The number of ether oxygens (including phenoxy) is 1. The van der Waals surface area contributed by atoms with Gasteiger partial charge in [0.05, 0.1) is 14.7 Å². The average molecular weight is 398 g/mol. The van der Waals surface area contributed by atoms with Gasteiger partial charge in [-0.2, -0.15) is 4.31 Å². The molecule has 0 aliphatic heterocycles. The third-order valence-corrected chi connectivity index (χ3v) is 6.58. The first-order chi connectivity index (χ1) is 12.3. The molecule has 0 bridgehead atoms. The molecule has 1 aromatic heterocycles. The Hall–Kier alpha value is -2.30. The van der Waals surface area contributed by atoms with E-state index in [0.717, 1.165) is 6.07 Å². The van der Waals surface area contributed by atoms with Crippen molar-refractivity contribution < 1.29 is 22.9 Å². The molecule has 0 unspecified atom stereocenters. The van der Waals surface area contributed by atoms with Gasteiger partial charge in [-0.05, 0) is 23.6 Å². The van der Waals surface area contributed by atoms with Gasteiger partial charge in [0.2, 0.25) is 15.8 Å². The Bertz CT molecular complexity index is 889. The molecule has 0 fully saturated rings. The van der Waals surface area contributed by atoms with Gasteiger partial charge in [-0.25, -0.2) is 8.42 Å². The standard InChI is InChI=1S/C16H18N2O6S2/c1-3-17(4-2)26(22,23)12-7-8-15(13(10-12)18(20)21)24-11-14(19)16-6-5-9-25-16/h5-10H,3-4,11H2,1-2H3. The lowest BCUT2D eigenvalue weighted by atomic mass is 10.3. The van der Waals surface area contributed by atoms with Gasteiger partial charge in [0.15, 0.2) is 12.4 Å².